The van der Waals surface area contributed by atoms with E-state index >= 15 is 0 Å². The molecule has 1 aromatic carbocycles. The zero-order valence-corrected chi connectivity index (χ0v) is 11.7. The molecular weight excluding hydrogens is 240 g/mol. The van der Waals surface area contributed by atoms with Crippen LogP contribution in [0, 0.1) is 5.92 Å². The molecule has 1 aliphatic rings. The van der Waals surface area contributed by atoms with Gasteiger partial charge in [0.05, 0.1) is 13.0 Å². The average molecular weight is 262 g/mol. The third-order valence-corrected chi connectivity index (χ3v) is 3.62. The predicted molar refractivity (Wildman–Crippen MR) is 75.2 cm³/mol. The number of rotatable bonds is 5. The van der Waals surface area contributed by atoms with Crippen molar-refractivity contribution >= 4 is 5.91 Å². The Morgan fingerprint density at radius 3 is 3.00 bits per heavy atom. The standard InChI is InChI=1S/C15H22N2O2/c1-3-12-8-11(4-5-14(12)19-2)9-17-15(18)13-6-7-16-10-13/h4-5,8,13,16H,3,6-7,9-10H2,1-2H3,(H,17,18). The van der Waals surface area contributed by atoms with Crippen LogP contribution in [0.4, 0.5) is 0 Å². The van der Waals surface area contributed by atoms with E-state index in [2.05, 4.69) is 23.6 Å². The van der Waals surface area contributed by atoms with Gasteiger partial charge in [-0.05, 0) is 36.6 Å². The van der Waals surface area contributed by atoms with E-state index in [9.17, 15) is 4.79 Å². The number of aryl methyl sites for hydroxylation is 1. The van der Waals surface area contributed by atoms with E-state index in [4.69, 9.17) is 4.74 Å². The molecule has 19 heavy (non-hydrogen) atoms. The molecule has 0 spiro atoms. The van der Waals surface area contributed by atoms with Crippen LogP contribution >= 0.6 is 0 Å². The summed E-state index contributed by atoms with van der Waals surface area (Å²) in [6.07, 6.45) is 1.87. The van der Waals surface area contributed by atoms with Crippen LogP contribution in [-0.2, 0) is 17.8 Å². The summed E-state index contributed by atoms with van der Waals surface area (Å²) in [4.78, 5) is 11.9. The number of methoxy groups -OCH3 is 1. The van der Waals surface area contributed by atoms with Crippen LogP contribution in [0.5, 0.6) is 5.75 Å². The fourth-order valence-corrected chi connectivity index (χ4v) is 2.43. The Kier molecular flexibility index (Phi) is 4.80. The van der Waals surface area contributed by atoms with Crippen molar-refractivity contribution in [3.63, 3.8) is 0 Å². The Balaban J connectivity index is 1.93. The topological polar surface area (TPSA) is 50.4 Å². The Hall–Kier alpha value is -1.55. The Labute approximate surface area is 114 Å². The summed E-state index contributed by atoms with van der Waals surface area (Å²) in [7, 11) is 1.68. The van der Waals surface area contributed by atoms with Gasteiger partial charge in [-0.15, -0.1) is 0 Å². The van der Waals surface area contributed by atoms with E-state index < -0.39 is 0 Å². The van der Waals surface area contributed by atoms with Gasteiger partial charge in [-0.2, -0.15) is 0 Å². The molecule has 1 unspecified atom stereocenters. The maximum atomic E-state index is 11.9. The number of amides is 1. The molecule has 4 nitrogen and oxygen atoms in total. The van der Waals surface area contributed by atoms with Gasteiger partial charge in [0, 0.05) is 13.1 Å². The van der Waals surface area contributed by atoms with Gasteiger partial charge in [-0.25, -0.2) is 0 Å². The zero-order chi connectivity index (χ0) is 13.7. The number of hydrogen-bond donors (Lipinski definition) is 2. The lowest BCUT2D eigenvalue weighted by atomic mass is 10.1. The Morgan fingerprint density at radius 2 is 2.37 bits per heavy atom. The Morgan fingerprint density at radius 1 is 1.53 bits per heavy atom. The van der Waals surface area contributed by atoms with Gasteiger partial charge in [0.1, 0.15) is 5.75 Å². The summed E-state index contributed by atoms with van der Waals surface area (Å²) in [6.45, 7) is 4.44. The lowest BCUT2D eigenvalue weighted by Gasteiger charge is -2.12. The number of ether oxygens (including phenoxy) is 1. The van der Waals surface area contributed by atoms with E-state index in [-0.39, 0.29) is 11.8 Å². The van der Waals surface area contributed by atoms with Crippen molar-refractivity contribution < 1.29 is 9.53 Å². The highest BCUT2D eigenvalue weighted by molar-refractivity contribution is 5.79. The largest absolute Gasteiger partial charge is 0.496 e. The number of nitrogens with one attached hydrogen (secondary N) is 2. The minimum atomic E-state index is 0.129. The first-order valence-corrected chi connectivity index (χ1v) is 6.88. The Bertz CT molecular complexity index is 440. The van der Waals surface area contributed by atoms with Crippen LogP contribution < -0.4 is 15.4 Å². The SMILES string of the molecule is CCc1cc(CNC(=O)C2CCNC2)ccc1OC. The van der Waals surface area contributed by atoms with Crippen molar-refractivity contribution in [1.82, 2.24) is 10.6 Å². The third kappa shape index (κ3) is 3.47. The molecule has 2 rings (SSSR count). The monoisotopic (exact) mass is 262 g/mol. The van der Waals surface area contributed by atoms with Gasteiger partial charge in [-0.1, -0.05) is 19.1 Å². The molecule has 0 radical (unpaired) electrons. The van der Waals surface area contributed by atoms with Gasteiger partial charge in [-0.3, -0.25) is 4.79 Å². The van der Waals surface area contributed by atoms with Gasteiger partial charge in [0.2, 0.25) is 5.91 Å². The van der Waals surface area contributed by atoms with Crippen molar-refractivity contribution in [2.24, 2.45) is 5.92 Å². The molecule has 4 heteroatoms. The van der Waals surface area contributed by atoms with E-state index in [1.165, 1.54) is 5.56 Å². The summed E-state index contributed by atoms with van der Waals surface area (Å²) >= 11 is 0. The quantitative estimate of drug-likeness (QED) is 0.845. The minimum absolute atomic E-state index is 0.129. The summed E-state index contributed by atoms with van der Waals surface area (Å²) in [5.41, 5.74) is 2.30. The summed E-state index contributed by atoms with van der Waals surface area (Å²) in [5.74, 6) is 1.19. The second-order valence-electron chi connectivity index (χ2n) is 4.91. The van der Waals surface area contributed by atoms with Crippen molar-refractivity contribution in [2.75, 3.05) is 20.2 Å². The number of hydrogen-bond acceptors (Lipinski definition) is 3. The zero-order valence-electron chi connectivity index (χ0n) is 11.7. The lowest BCUT2D eigenvalue weighted by Crippen LogP contribution is -2.31. The van der Waals surface area contributed by atoms with E-state index in [0.717, 1.165) is 37.2 Å². The molecule has 2 N–H and O–H groups in total. The second kappa shape index (κ2) is 6.57. The van der Waals surface area contributed by atoms with Crippen molar-refractivity contribution in [3.8, 4) is 5.75 Å². The third-order valence-electron chi connectivity index (χ3n) is 3.62. The molecule has 1 heterocycles. The molecule has 0 aliphatic carbocycles. The fraction of sp³-hybridized carbons (Fsp3) is 0.533. The molecule has 104 valence electrons. The molecule has 1 aromatic rings. The van der Waals surface area contributed by atoms with Crippen LogP contribution in [0.15, 0.2) is 18.2 Å². The fourth-order valence-electron chi connectivity index (χ4n) is 2.43. The first kappa shape index (κ1) is 13.9. The maximum Gasteiger partial charge on any atom is 0.224 e. The summed E-state index contributed by atoms with van der Waals surface area (Å²) in [5, 5.41) is 6.22. The van der Waals surface area contributed by atoms with Crippen LogP contribution in [0.2, 0.25) is 0 Å². The summed E-state index contributed by atoms with van der Waals surface area (Å²) in [6, 6.07) is 6.08. The van der Waals surface area contributed by atoms with Crippen molar-refractivity contribution in [3.05, 3.63) is 29.3 Å². The molecule has 0 bridgehead atoms. The molecule has 1 aliphatic heterocycles. The van der Waals surface area contributed by atoms with Crippen LogP contribution in [0.1, 0.15) is 24.5 Å². The second-order valence-corrected chi connectivity index (χ2v) is 4.91. The normalized spacial score (nSPS) is 18.3. The van der Waals surface area contributed by atoms with Crippen LogP contribution in [0.3, 0.4) is 0 Å². The van der Waals surface area contributed by atoms with Gasteiger partial charge < -0.3 is 15.4 Å². The predicted octanol–water partition coefficient (Wildman–Crippen LogP) is 1.48. The molecule has 0 aromatic heterocycles. The van der Waals surface area contributed by atoms with Crippen molar-refractivity contribution in [2.45, 2.75) is 26.3 Å². The summed E-state index contributed by atoms with van der Waals surface area (Å²) < 4.78 is 5.30. The molecule has 1 saturated heterocycles. The highest BCUT2D eigenvalue weighted by atomic mass is 16.5. The molecular formula is C15H22N2O2. The molecule has 1 fully saturated rings. The molecule has 0 saturated carbocycles. The number of carbonyl (C=O) groups is 1. The highest BCUT2D eigenvalue weighted by Gasteiger charge is 2.21. The number of carbonyl (C=O) groups excluding carboxylic acids is 1. The van der Waals surface area contributed by atoms with Gasteiger partial charge >= 0.3 is 0 Å². The minimum Gasteiger partial charge on any atom is -0.496 e. The number of benzene rings is 1. The van der Waals surface area contributed by atoms with E-state index in [1.807, 2.05) is 12.1 Å². The molecule has 1 amide bonds. The first-order valence-electron chi connectivity index (χ1n) is 6.88. The van der Waals surface area contributed by atoms with Crippen molar-refractivity contribution in [1.29, 1.82) is 0 Å². The van der Waals surface area contributed by atoms with Gasteiger partial charge in [0.15, 0.2) is 0 Å². The van der Waals surface area contributed by atoms with Gasteiger partial charge in [0.25, 0.3) is 0 Å². The van der Waals surface area contributed by atoms with Crippen LogP contribution in [0.25, 0.3) is 0 Å². The van der Waals surface area contributed by atoms with Crippen LogP contribution in [-0.4, -0.2) is 26.1 Å². The molecule has 1 atom stereocenters. The lowest BCUT2D eigenvalue weighted by molar-refractivity contribution is -0.124. The van der Waals surface area contributed by atoms with E-state index in [1.54, 1.807) is 7.11 Å². The maximum absolute atomic E-state index is 11.9. The van der Waals surface area contributed by atoms with E-state index in [0.29, 0.717) is 6.54 Å². The smallest absolute Gasteiger partial charge is 0.224 e. The first-order chi connectivity index (χ1) is 9.24. The average Bonchev–Trinajstić information content (AvgIpc) is 2.98. The highest BCUT2D eigenvalue weighted by Crippen LogP contribution is 2.20.